The van der Waals surface area contributed by atoms with Crippen LogP contribution in [0.4, 0.5) is 13.2 Å². The third-order valence-electron chi connectivity index (χ3n) is 4.01. The van der Waals surface area contributed by atoms with Crippen LogP contribution in [0.3, 0.4) is 0 Å². The summed E-state index contributed by atoms with van der Waals surface area (Å²) in [5.74, 6) is 0. The lowest BCUT2D eigenvalue weighted by molar-refractivity contribution is -0.137. The fraction of sp³-hybridized carbons (Fsp3) is 0.600. The molecule has 0 saturated carbocycles. The summed E-state index contributed by atoms with van der Waals surface area (Å²) in [5.41, 5.74) is -0.302. The van der Waals surface area contributed by atoms with Gasteiger partial charge in [0.25, 0.3) is 0 Å². The first-order valence-electron chi connectivity index (χ1n) is 7.00. The van der Waals surface area contributed by atoms with Gasteiger partial charge >= 0.3 is 6.18 Å². The number of aliphatic hydroxyl groups is 1. The Balaban J connectivity index is 2.07. The maximum absolute atomic E-state index is 12.5. The quantitative estimate of drug-likeness (QED) is 0.898. The van der Waals surface area contributed by atoms with Gasteiger partial charge in [-0.25, -0.2) is 0 Å². The van der Waals surface area contributed by atoms with Gasteiger partial charge in [0.15, 0.2) is 0 Å². The van der Waals surface area contributed by atoms with Gasteiger partial charge in [-0.2, -0.15) is 13.2 Å². The van der Waals surface area contributed by atoms with Crippen LogP contribution in [0.2, 0.25) is 0 Å². The average molecular weight is 303 g/mol. The molecule has 2 N–H and O–H groups in total. The lowest BCUT2D eigenvalue weighted by Gasteiger charge is -2.39. The van der Waals surface area contributed by atoms with Crippen molar-refractivity contribution in [2.24, 2.45) is 0 Å². The van der Waals surface area contributed by atoms with E-state index in [2.05, 4.69) is 5.32 Å². The topological polar surface area (TPSA) is 41.5 Å². The van der Waals surface area contributed by atoms with Crippen molar-refractivity contribution in [2.75, 3.05) is 19.8 Å². The fourth-order valence-electron chi connectivity index (χ4n) is 2.61. The summed E-state index contributed by atoms with van der Waals surface area (Å²) in [4.78, 5) is 0. The Kier molecular flexibility index (Phi) is 4.91. The predicted molar refractivity (Wildman–Crippen MR) is 72.9 cm³/mol. The van der Waals surface area contributed by atoms with Gasteiger partial charge in [-0.3, -0.25) is 0 Å². The van der Waals surface area contributed by atoms with Gasteiger partial charge in [0.05, 0.1) is 12.2 Å². The van der Waals surface area contributed by atoms with Crippen molar-refractivity contribution >= 4 is 0 Å². The molecule has 1 aliphatic rings. The summed E-state index contributed by atoms with van der Waals surface area (Å²) in [6.07, 6.45) is -2.94. The van der Waals surface area contributed by atoms with E-state index in [-0.39, 0.29) is 12.6 Å². The second-order valence-electron chi connectivity index (χ2n) is 5.54. The van der Waals surface area contributed by atoms with E-state index in [1.165, 1.54) is 12.1 Å². The Hall–Kier alpha value is -1.11. The zero-order valence-electron chi connectivity index (χ0n) is 11.9. The van der Waals surface area contributed by atoms with Crippen LogP contribution in [0.15, 0.2) is 24.3 Å². The molecule has 21 heavy (non-hydrogen) atoms. The van der Waals surface area contributed by atoms with Gasteiger partial charge in [0.2, 0.25) is 0 Å². The van der Waals surface area contributed by atoms with Crippen molar-refractivity contribution in [1.82, 2.24) is 5.32 Å². The zero-order valence-corrected chi connectivity index (χ0v) is 11.9. The molecule has 0 aliphatic carbocycles. The second kappa shape index (κ2) is 6.34. The number of benzene rings is 1. The van der Waals surface area contributed by atoms with Gasteiger partial charge in [-0.15, -0.1) is 0 Å². The molecule has 0 bridgehead atoms. The smallest absolute Gasteiger partial charge is 0.394 e. The van der Waals surface area contributed by atoms with E-state index < -0.39 is 17.3 Å². The highest BCUT2D eigenvalue weighted by Gasteiger charge is 2.34. The Morgan fingerprint density at radius 1 is 1.24 bits per heavy atom. The van der Waals surface area contributed by atoms with E-state index >= 15 is 0 Å². The van der Waals surface area contributed by atoms with Crippen LogP contribution < -0.4 is 5.32 Å². The number of halogens is 3. The monoisotopic (exact) mass is 303 g/mol. The normalized spacial score (nSPS) is 20.2. The lowest BCUT2D eigenvalue weighted by atomic mass is 9.89. The van der Waals surface area contributed by atoms with Gasteiger partial charge in [0, 0.05) is 24.8 Å². The molecule has 1 fully saturated rings. The van der Waals surface area contributed by atoms with Crippen LogP contribution in [0.5, 0.6) is 0 Å². The van der Waals surface area contributed by atoms with Crippen molar-refractivity contribution in [3.8, 4) is 0 Å². The van der Waals surface area contributed by atoms with E-state index in [1.807, 2.05) is 6.92 Å². The van der Waals surface area contributed by atoms with Crippen molar-refractivity contribution in [1.29, 1.82) is 0 Å². The van der Waals surface area contributed by atoms with Gasteiger partial charge < -0.3 is 15.2 Å². The summed E-state index contributed by atoms with van der Waals surface area (Å²) in [7, 11) is 0. The highest BCUT2D eigenvalue weighted by Crippen LogP contribution is 2.30. The highest BCUT2D eigenvalue weighted by atomic mass is 19.4. The van der Waals surface area contributed by atoms with E-state index in [1.54, 1.807) is 0 Å². The van der Waals surface area contributed by atoms with Crippen molar-refractivity contribution in [3.63, 3.8) is 0 Å². The molecule has 2 rings (SSSR count). The molecule has 3 nitrogen and oxygen atoms in total. The molecule has 0 spiro atoms. The summed E-state index contributed by atoms with van der Waals surface area (Å²) in [6, 6.07) is 4.99. The molecule has 1 aromatic rings. The molecule has 1 unspecified atom stereocenters. The van der Waals surface area contributed by atoms with Gasteiger partial charge in [0.1, 0.15) is 0 Å². The first-order valence-corrected chi connectivity index (χ1v) is 7.00. The van der Waals surface area contributed by atoms with E-state index in [0.717, 1.165) is 17.7 Å². The number of nitrogens with one attached hydrogen (secondary N) is 1. The number of hydrogen-bond acceptors (Lipinski definition) is 3. The Bertz CT molecular complexity index is 453. The standard InChI is InChI=1S/C15H20F3NO2/c1-11(19-14(10-20)6-8-21-9-7-14)12-2-4-13(5-3-12)15(16,17)18/h2-5,11,19-20H,6-10H2,1H3. The molecule has 118 valence electrons. The molecule has 0 amide bonds. The zero-order chi connectivity index (χ0) is 15.5. The number of aliphatic hydroxyl groups excluding tert-OH is 1. The minimum atomic E-state index is -4.32. The first kappa shape index (κ1) is 16.3. The first-order chi connectivity index (χ1) is 9.86. The highest BCUT2D eigenvalue weighted by molar-refractivity contribution is 5.26. The average Bonchev–Trinajstić information content (AvgIpc) is 2.47. The number of ether oxygens (including phenoxy) is 1. The Morgan fingerprint density at radius 2 is 1.81 bits per heavy atom. The van der Waals surface area contributed by atoms with Crippen LogP contribution in [0, 0.1) is 0 Å². The van der Waals surface area contributed by atoms with Gasteiger partial charge in [-0.1, -0.05) is 12.1 Å². The minimum absolute atomic E-state index is 0.0126. The van der Waals surface area contributed by atoms with Crippen LogP contribution in [-0.4, -0.2) is 30.5 Å². The number of alkyl halides is 3. The van der Waals surface area contributed by atoms with Crippen molar-refractivity contribution in [2.45, 2.75) is 37.5 Å². The van der Waals surface area contributed by atoms with E-state index in [9.17, 15) is 18.3 Å². The number of rotatable bonds is 4. The lowest BCUT2D eigenvalue weighted by Crippen LogP contribution is -2.53. The fourth-order valence-corrected chi connectivity index (χ4v) is 2.61. The molecule has 0 aromatic heterocycles. The summed E-state index contributed by atoms with van der Waals surface area (Å²) in [6.45, 7) is 3.03. The van der Waals surface area contributed by atoms with E-state index in [4.69, 9.17) is 4.74 Å². The minimum Gasteiger partial charge on any atom is -0.394 e. The molecule has 6 heteroatoms. The maximum Gasteiger partial charge on any atom is 0.416 e. The molecule has 1 aliphatic heterocycles. The van der Waals surface area contributed by atoms with E-state index in [0.29, 0.717) is 26.1 Å². The van der Waals surface area contributed by atoms with Crippen LogP contribution in [0.1, 0.15) is 36.9 Å². The largest absolute Gasteiger partial charge is 0.416 e. The molecular weight excluding hydrogens is 283 g/mol. The van der Waals surface area contributed by atoms with Crippen molar-refractivity contribution in [3.05, 3.63) is 35.4 Å². The molecule has 1 saturated heterocycles. The molecule has 1 atom stereocenters. The molecule has 1 aromatic carbocycles. The Morgan fingerprint density at radius 3 is 2.29 bits per heavy atom. The second-order valence-corrected chi connectivity index (χ2v) is 5.54. The molecule has 1 heterocycles. The SMILES string of the molecule is CC(NC1(CO)CCOCC1)c1ccc(C(F)(F)F)cc1. The third kappa shape index (κ3) is 3.96. The van der Waals surface area contributed by atoms with Crippen LogP contribution in [0.25, 0.3) is 0 Å². The molecule has 0 radical (unpaired) electrons. The number of hydrogen-bond donors (Lipinski definition) is 2. The predicted octanol–water partition coefficient (Wildman–Crippen LogP) is 2.90. The van der Waals surface area contributed by atoms with Crippen molar-refractivity contribution < 1.29 is 23.0 Å². The van der Waals surface area contributed by atoms with Crippen LogP contribution >= 0.6 is 0 Å². The summed E-state index contributed by atoms with van der Waals surface area (Å²) in [5, 5.41) is 13.0. The van der Waals surface area contributed by atoms with Gasteiger partial charge in [-0.05, 0) is 37.5 Å². The molecular formula is C15H20F3NO2. The summed E-state index contributed by atoms with van der Waals surface area (Å²) >= 11 is 0. The van der Waals surface area contributed by atoms with Crippen LogP contribution in [-0.2, 0) is 10.9 Å². The maximum atomic E-state index is 12.5. The summed E-state index contributed by atoms with van der Waals surface area (Å²) < 4.78 is 42.9. The Labute approximate surface area is 122 Å². The third-order valence-corrected chi connectivity index (χ3v) is 4.01.